The lowest BCUT2D eigenvalue weighted by atomic mass is 9.78. The quantitative estimate of drug-likeness (QED) is 0.192. The van der Waals surface area contributed by atoms with E-state index in [0.29, 0.717) is 0 Å². The van der Waals surface area contributed by atoms with Gasteiger partial charge in [0.25, 0.3) is 0 Å². The molecule has 0 aliphatic carbocycles. The molecule has 6 nitrogen and oxygen atoms in total. The van der Waals surface area contributed by atoms with E-state index in [9.17, 15) is 14.4 Å². The van der Waals surface area contributed by atoms with E-state index in [1.165, 1.54) is 26.4 Å². The molecule has 0 spiro atoms. The van der Waals surface area contributed by atoms with Crippen molar-refractivity contribution in [1.82, 2.24) is 0 Å². The van der Waals surface area contributed by atoms with E-state index in [1.54, 1.807) is 20.8 Å². The normalized spacial score (nSPS) is 11.9. The number of methoxy groups -OCH3 is 2. The molecule has 1 aromatic carbocycles. The van der Waals surface area contributed by atoms with Gasteiger partial charge < -0.3 is 14.2 Å². The zero-order valence-electron chi connectivity index (χ0n) is 16.2. The molecule has 0 bridgehead atoms. The highest BCUT2D eigenvalue weighted by molar-refractivity contribution is 14.1. The van der Waals surface area contributed by atoms with Gasteiger partial charge in [0.1, 0.15) is 5.60 Å². The SMILES string of the molecule is COC(=O)C(C/C=C/C(=O)OC(C)(C)C)(Cc1ccccc1I)C(=O)OC. The van der Waals surface area contributed by atoms with Crippen LogP contribution in [0.5, 0.6) is 0 Å². The maximum absolute atomic E-state index is 12.6. The molecule has 148 valence electrons. The highest BCUT2D eigenvalue weighted by Crippen LogP contribution is 2.33. The Hall–Kier alpha value is -1.90. The topological polar surface area (TPSA) is 78.9 Å². The third-order valence-corrected chi connectivity index (χ3v) is 4.78. The van der Waals surface area contributed by atoms with Crippen molar-refractivity contribution in [2.45, 2.75) is 39.2 Å². The van der Waals surface area contributed by atoms with Gasteiger partial charge in [-0.1, -0.05) is 24.3 Å². The minimum atomic E-state index is -1.59. The van der Waals surface area contributed by atoms with E-state index < -0.39 is 28.9 Å². The Morgan fingerprint density at radius 2 is 1.59 bits per heavy atom. The Balaban J connectivity index is 3.20. The van der Waals surface area contributed by atoms with Crippen LogP contribution in [0.4, 0.5) is 0 Å². The molecule has 27 heavy (non-hydrogen) atoms. The van der Waals surface area contributed by atoms with Gasteiger partial charge >= 0.3 is 17.9 Å². The van der Waals surface area contributed by atoms with E-state index in [4.69, 9.17) is 14.2 Å². The minimum Gasteiger partial charge on any atom is -0.468 e. The van der Waals surface area contributed by atoms with Crippen molar-refractivity contribution in [2.24, 2.45) is 5.41 Å². The molecule has 0 N–H and O–H groups in total. The molecular formula is C20H25IO6. The maximum Gasteiger partial charge on any atom is 0.330 e. The Labute approximate surface area is 173 Å². The van der Waals surface area contributed by atoms with Crippen LogP contribution < -0.4 is 0 Å². The molecule has 0 unspecified atom stereocenters. The second kappa shape index (κ2) is 9.87. The molecule has 0 aliphatic heterocycles. The zero-order chi connectivity index (χ0) is 20.7. The molecule has 0 saturated heterocycles. The molecule has 0 fully saturated rings. The number of rotatable bonds is 7. The molecule has 1 rings (SSSR count). The molecule has 0 aromatic heterocycles. The summed E-state index contributed by atoms with van der Waals surface area (Å²) < 4.78 is 15.9. The van der Waals surface area contributed by atoms with Gasteiger partial charge in [0.05, 0.1) is 14.2 Å². The number of allylic oxidation sites excluding steroid dienone is 1. The Bertz CT molecular complexity index is 701. The molecule has 0 saturated carbocycles. The average Bonchev–Trinajstić information content (AvgIpc) is 2.59. The van der Waals surface area contributed by atoms with E-state index in [2.05, 4.69) is 22.6 Å². The lowest BCUT2D eigenvalue weighted by Crippen LogP contribution is -2.43. The maximum atomic E-state index is 12.6. The van der Waals surface area contributed by atoms with Gasteiger partial charge in [0.15, 0.2) is 5.41 Å². The summed E-state index contributed by atoms with van der Waals surface area (Å²) in [6.45, 7) is 5.26. The van der Waals surface area contributed by atoms with E-state index in [1.807, 2.05) is 24.3 Å². The predicted octanol–water partition coefficient (Wildman–Crippen LogP) is 3.45. The third-order valence-electron chi connectivity index (χ3n) is 3.73. The van der Waals surface area contributed by atoms with Crippen molar-refractivity contribution in [3.8, 4) is 0 Å². The van der Waals surface area contributed by atoms with Gasteiger partial charge in [-0.05, 0) is 61.4 Å². The lowest BCUT2D eigenvalue weighted by Gasteiger charge is -2.27. The molecule has 0 atom stereocenters. The van der Waals surface area contributed by atoms with Crippen LogP contribution in [0.3, 0.4) is 0 Å². The lowest BCUT2D eigenvalue weighted by molar-refractivity contribution is -0.169. The van der Waals surface area contributed by atoms with Crippen molar-refractivity contribution in [3.63, 3.8) is 0 Å². The van der Waals surface area contributed by atoms with Crippen LogP contribution in [0.15, 0.2) is 36.4 Å². The number of ether oxygens (including phenoxy) is 3. The Kier molecular flexibility index (Phi) is 8.46. The Morgan fingerprint density at radius 3 is 2.07 bits per heavy atom. The van der Waals surface area contributed by atoms with Gasteiger partial charge in [-0.2, -0.15) is 0 Å². The van der Waals surface area contributed by atoms with Crippen LogP contribution in [0.1, 0.15) is 32.8 Å². The fourth-order valence-corrected chi connectivity index (χ4v) is 3.09. The largest absolute Gasteiger partial charge is 0.468 e. The first-order valence-electron chi connectivity index (χ1n) is 8.35. The first-order valence-corrected chi connectivity index (χ1v) is 9.43. The zero-order valence-corrected chi connectivity index (χ0v) is 18.4. The first-order chi connectivity index (χ1) is 12.6. The molecule has 0 radical (unpaired) electrons. The summed E-state index contributed by atoms with van der Waals surface area (Å²) >= 11 is 2.14. The van der Waals surface area contributed by atoms with Crippen molar-refractivity contribution < 1.29 is 28.6 Å². The summed E-state index contributed by atoms with van der Waals surface area (Å²) in [4.78, 5) is 37.1. The summed E-state index contributed by atoms with van der Waals surface area (Å²) in [5.41, 5.74) is -1.42. The molecule has 0 amide bonds. The summed E-state index contributed by atoms with van der Waals surface area (Å²) in [7, 11) is 2.43. The second-order valence-corrected chi connectivity index (χ2v) is 8.14. The predicted molar refractivity (Wildman–Crippen MR) is 109 cm³/mol. The second-order valence-electron chi connectivity index (χ2n) is 6.97. The van der Waals surface area contributed by atoms with Gasteiger partial charge in [-0.15, -0.1) is 0 Å². The van der Waals surface area contributed by atoms with Crippen molar-refractivity contribution >= 4 is 40.5 Å². The fourth-order valence-electron chi connectivity index (χ4n) is 2.52. The van der Waals surface area contributed by atoms with Crippen molar-refractivity contribution in [2.75, 3.05) is 14.2 Å². The van der Waals surface area contributed by atoms with E-state index >= 15 is 0 Å². The third kappa shape index (κ3) is 6.64. The molecule has 0 heterocycles. The van der Waals surface area contributed by atoms with Gasteiger partial charge in [0.2, 0.25) is 0 Å². The number of esters is 3. The van der Waals surface area contributed by atoms with Crippen LogP contribution in [0, 0.1) is 8.99 Å². The minimum absolute atomic E-state index is 0.0590. The highest BCUT2D eigenvalue weighted by Gasteiger charge is 2.48. The summed E-state index contributed by atoms with van der Waals surface area (Å²) in [6.07, 6.45) is 2.68. The monoisotopic (exact) mass is 488 g/mol. The number of carbonyl (C=O) groups excluding carboxylic acids is 3. The smallest absolute Gasteiger partial charge is 0.330 e. The summed E-state index contributed by atoms with van der Waals surface area (Å²) in [5.74, 6) is -1.99. The summed E-state index contributed by atoms with van der Waals surface area (Å²) in [6, 6.07) is 7.41. The van der Waals surface area contributed by atoms with Crippen LogP contribution >= 0.6 is 22.6 Å². The van der Waals surface area contributed by atoms with Crippen LogP contribution in [0.25, 0.3) is 0 Å². The molecule has 1 aromatic rings. The number of hydrogen-bond donors (Lipinski definition) is 0. The van der Waals surface area contributed by atoms with Gasteiger partial charge in [-0.3, -0.25) is 9.59 Å². The van der Waals surface area contributed by atoms with Crippen molar-refractivity contribution in [1.29, 1.82) is 0 Å². The highest BCUT2D eigenvalue weighted by atomic mass is 127. The first kappa shape index (κ1) is 23.1. The van der Waals surface area contributed by atoms with E-state index in [0.717, 1.165) is 9.13 Å². The van der Waals surface area contributed by atoms with Gasteiger partial charge in [-0.25, -0.2) is 4.79 Å². The van der Waals surface area contributed by atoms with Crippen LogP contribution in [-0.4, -0.2) is 37.7 Å². The van der Waals surface area contributed by atoms with E-state index in [-0.39, 0.29) is 12.8 Å². The average molecular weight is 488 g/mol. The van der Waals surface area contributed by atoms with Crippen LogP contribution in [-0.2, 0) is 35.0 Å². The summed E-state index contributed by atoms with van der Waals surface area (Å²) in [5, 5.41) is 0. The number of carbonyl (C=O) groups is 3. The fraction of sp³-hybridized carbons (Fsp3) is 0.450. The van der Waals surface area contributed by atoms with Crippen molar-refractivity contribution in [3.05, 3.63) is 45.6 Å². The van der Waals surface area contributed by atoms with Crippen LogP contribution in [0.2, 0.25) is 0 Å². The standard InChI is InChI=1S/C20H25IO6/c1-19(2,3)27-16(22)11-8-12-20(17(23)25-4,18(24)26-5)13-14-9-6-7-10-15(14)21/h6-11H,12-13H2,1-5H3/b11-8+. The number of hydrogen-bond acceptors (Lipinski definition) is 6. The number of halogens is 1. The number of benzene rings is 1. The molecular weight excluding hydrogens is 463 g/mol. The molecule has 0 aliphatic rings. The van der Waals surface area contributed by atoms with Gasteiger partial charge in [0, 0.05) is 16.1 Å². The Morgan fingerprint density at radius 1 is 1.04 bits per heavy atom. The molecule has 7 heteroatoms.